The maximum absolute atomic E-state index is 14.2. The number of methoxy groups -OCH3 is 1. The molecule has 15 heteroatoms. The topological polar surface area (TPSA) is 66.9 Å². The Bertz CT molecular complexity index is 1240. The minimum Gasteiger partial charge on any atom is -0.402 e. The van der Waals surface area contributed by atoms with E-state index in [1.54, 1.807) is 13.3 Å². The Hall–Kier alpha value is -2.12. The molecule has 2 fully saturated rings. The molecule has 7 nitrogen and oxygen atoms in total. The number of ether oxygens (including phenoxy) is 2. The second-order valence-electron chi connectivity index (χ2n) is 13.5. The Kier molecular flexibility index (Phi) is 7.11. The SMILES string of the molecule is BC1(B)OC(B)(B)C(B)(B)N(c2ccc3c(c2)N(C(=O)[C@H]2CC[C@H](OC)CC2)Cc2cccnc2N3)C1(B)B. The van der Waals surface area contributed by atoms with E-state index in [0.717, 1.165) is 54.1 Å². The first-order valence-electron chi connectivity index (χ1n) is 14.4. The van der Waals surface area contributed by atoms with Gasteiger partial charge in [-0.25, -0.2) is 4.98 Å². The number of morpholine rings is 1. The zero-order valence-electron chi connectivity index (χ0n) is 25.2. The molecule has 39 heavy (non-hydrogen) atoms. The fourth-order valence-electron chi connectivity index (χ4n) is 6.78. The number of carbonyl (C=O) groups excluding carboxylic acids is 1. The molecule has 1 amide bonds. The summed E-state index contributed by atoms with van der Waals surface area (Å²) >= 11 is 0. The Balaban J connectivity index is 1.61. The zero-order valence-corrected chi connectivity index (χ0v) is 25.2. The molecule has 1 aliphatic carbocycles. The van der Waals surface area contributed by atoms with Crippen LogP contribution in [0.15, 0.2) is 36.5 Å². The number of rotatable bonds is 3. The van der Waals surface area contributed by atoms with Gasteiger partial charge in [0.25, 0.3) is 0 Å². The maximum atomic E-state index is 14.2. The fourth-order valence-corrected chi connectivity index (χ4v) is 6.78. The van der Waals surface area contributed by atoms with E-state index in [0.29, 0.717) is 6.54 Å². The molecule has 0 spiro atoms. The molecule has 1 aromatic heterocycles. The molecule has 0 bridgehead atoms. The van der Waals surface area contributed by atoms with Gasteiger partial charge in [-0.2, -0.15) is 0 Å². The third kappa shape index (κ3) is 4.67. The van der Waals surface area contributed by atoms with Crippen LogP contribution in [0.2, 0.25) is 0 Å². The molecule has 3 aliphatic rings. The maximum Gasteiger partial charge on any atom is 0.230 e. The highest BCUT2D eigenvalue weighted by Crippen LogP contribution is 2.46. The number of nitrogens with one attached hydrogen (secondary N) is 1. The van der Waals surface area contributed by atoms with Gasteiger partial charge in [0, 0.05) is 41.3 Å². The van der Waals surface area contributed by atoms with Gasteiger partial charge in [-0.15, -0.1) is 0 Å². The highest BCUT2D eigenvalue weighted by Gasteiger charge is 2.58. The third-order valence-corrected chi connectivity index (χ3v) is 10.2. The van der Waals surface area contributed by atoms with Gasteiger partial charge >= 0.3 is 0 Å². The van der Waals surface area contributed by atoms with Gasteiger partial charge in [0.05, 0.1) is 24.0 Å². The number of hydrogen-bond donors (Lipinski definition) is 1. The van der Waals surface area contributed by atoms with Crippen LogP contribution in [0, 0.1) is 5.92 Å². The third-order valence-electron chi connectivity index (χ3n) is 10.2. The van der Waals surface area contributed by atoms with Gasteiger partial charge in [0.15, 0.2) is 0 Å². The summed E-state index contributed by atoms with van der Waals surface area (Å²) in [7, 11) is 19.5. The van der Waals surface area contributed by atoms with Crippen LogP contribution in [-0.4, -0.2) is 108 Å². The van der Waals surface area contributed by atoms with Crippen LogP contribution in [-0.2, 0) is 20.8 Å². The molecule has 5 rings (SSSR count). The Morgan fingerprint density at radius 3 is 2.26 bits per heavy atom. The van der Waals surface area contributed by atoms with Crippen molar-refractivity contribution in [3.05, 3.63) is 42.1 Å². The van der Waals surface area contributed by atoms with Crippen molar-refractivity contribution in [1.82, 2.24) is 4.98 Å². The van der Waals surface area contributed by atoms with E-state index >= 15 is 0 Å². The predicted molar refractivity (Wildman–Crippen MR) is 181 cm³/mol. The first-order chi connectivity index (χ1) is 18.2. The molecule has 2 aliphatic heterocycles. The van der Waals surface area contributed by atoms with Crippen molar-refractivity contribution in [2.24, 2.45) is 5.92 Å². The van der Waals surface area contributed by atoms with Crippen molar-refractivity contribution in [2.75, 3.05) is 22.2 Å². The van der Waals surface area contributed by atoms with Crippen LogP contribution in [0.25, 0.3) is 0 Å². The molecule has 1 saturated carbocycles. The van der Waals surface area contributed by atoms with Crippen molar-refractivity contribution in [1.29, 1.82) is 0 Å². The predicted octanol–water partition coefficient (Wildman–Crippen LogP) is -4.61. The van der Waals surface area contributed by atoms with Gasteiger partial charge in [-0.05, 0) is 60.6 Å². The lowest BCUT2D eigenvalue weighted by atomic mass is 9.30. The van der Waals surface area contributed by atoms with E-state index < -0.39 is 10.8 Å². The minimum atomic E-state index is -0.410. The summed E-state index contributed by atoms with van der Waals surface area (Å²) in [4.78, 5) is 23.3. The number of benzene rings is 1. The van der Waals surface area contributed by atoms with E-state index in [4.69, 9.17) is 9.47 Å². The Morgan fingerprint density at radius 2 is 1.64 bits per heavy atom. The summed E-state index contributed by atoms with van der Waals surface area (Å²) in [5.41, 5.74) is 3.90. The van der Waals surface area contributed by atoms with Crippen LogP contribution in [0.3, 0.4) is 0 Å². The van der Waals surface area contributed by atoms with Crippen LogP contribution in [0.1, 0.15) is 31.2 Å². The van der Waals surface area contributed by atoms with Crippen LogP contribution >= 0.6 is 0 Å². The summed E-state index contributed by atoms with van der Waals surface area (Å²) in [6.07, 6.45) is 5.59. The van der Waals surface area contributed by atoms with Crippen LogP contribution in [0.4, 0.5) is 22.9 Å². The van der Waals surface area contributed by atoms with E-state index in [1.165, 1.54) is 0 Å². The Labute approximate surface area is 240 Å². The molecule has 1 saturated heterocycles. The summed E-state index contributed by atoms with van der Waals surface area (Å²) in [6.45, 7) is 0.489. The number of pyridine rings is 1. The van der Waals surface area contributed by atoms with Gasteiger partial charge in [0.2, 0.25) is 5.91 Å². The van der Waals surface area contributed by atoms with E-state index in [-0.39, 0.29) is 28.6 Å². The quantitative estimate of drug-likeness (QED) is 0.414. The molecule has 1 N–H and O–H groups in total. The lowest BCUT2D eigenvalue weighted by Crippen LogP contribution is -2.86. The molecule has 0 unspecified atom stereocenters. The number of carbonyl (C=O) groups is 1. The standard InChI is InChI=1S/C24H38B8N4O3/c1-38-16-7-4-13(5-8-16)20(37)35-12-14-3-2-10-33-19(14)34-17-9-6-15(11-18(17)35)36-21(25,26)23(29,30)39-24(31,32)22(36,27)28/h2-3,6,9-11,13,16H,4-5,7-8,12,25-32H2,1H3,(H,33,34)/t13-,16-. The second-order valence-corrected chi connectivity index (χ2v) is 13.5. The number of anilines is 4. The highest BCUT2D eigenvalue weighted by atomic mass is 16.5. The average Bonchev–Trinajstić information content (AvgIpc) is 3.03. The smallest absolute Gasteiger partial charge is 0.230 e. The molecule has 3 heterocycles. The van der Waals surface area contributed by atoms with Crippen molar-refractivity contribution in [3.63, 3.8) is 0 Å². The van der Waals surface area contributed by atoms with Crippen molar-refractivity contribution in [3.8, 4) is 0 Å². The van der Waals surface area contributed by atoms with E-state index in [1.807, 2.05) is 11.0 Å². The lowest BCUT2D eigenvalue weighted by Gasteiger charge is -2.69. The molecule has 196 valence electrons. The molecular weight excluding hydrogens is 479 g/mol. The summed E-state index contributed by atoms with van der Waals surface area (Å²) < 4.78 is 12.3. The number of amides is 1. The fraction of sp³-hybridized carbons (Fsp3) is 0.500. The summed E-state index contributed by atoms with van der Waals surface area (Å²) in [5, 5.41) is 2.08. The largest absolute Gasteiger partial charge is 0.402 e. The highest BCUT2D eigenvalue weighted by molar-refractivity contribution is 6.61. The van der Waals surface area contributed by atoms with Gasteiger partial charge in [-0.1, -0.05) is 6.07 Å². The monoisotopic (exact) mass is 518 g/mol. The summed E-state index contributed by atoms with van der Waals surface area (Å²) in [6, 6.07) is 10.5. The number of aromatic nitrogens is 1. The van der Waals surface area contributed by atoms with Crippen molar-refractivity contribution < 1.29 is 14.3 Å². The number of fused-ring (bicyclic) bond motifs is 2. The molecule has 0 radical (unpaired) electrons. The molecule has 0 atom stereocenters. The average molecular weight is 517 g/mol. The number of nitrogens with zero attached hydrogens (tertiary/aromatic N) is 3. The van der Waals surface area contributed by atoms with Crippen LogP contribution < -0.4 is 15.1 Å². The van der Waals surface area contributed by atoms with Crippen LogP contribution in [0.5, 0.6) is 0 Å². The normalized spacial score (nSPS) is 26.4. The molecule has 1 aromatic carbocycles. The molecule has 2 aromatic rings. The van der Waals surface area contributed by atoms with Crippen molar-refractivity contribution >= 4 is 91.6 Å². The number of hydrogen-bond acceptors (Lipinski definition) is 6. The lowest BCUT2D eigenvalue weighted by molar-refractivity contribution is -0.124. The van der Waals surface area contributed by atoms with E-state index in [9.17, 15) is 4.79 Å². The second kappa shape index (κ2) is 9.76. The first-order valence-corrected chi connectivity index (χ1v) is 14.4. The molecular formula is C24H38B8N4O3. The minimum absolute atomic E-state index is 0.0136. The summed E-state index contributed by atoms with van der Waals surface area (Å²) in [5.74, 6) is 0.974. The zero-order chi connectivity index (χ0) is 28.4. The Morgan fingerprint density at radius 1 is 1.00 bits per heavy atom. The van der Waals surface area contributed by atoms with Gasteiger partial charge in [-0.3, -0.25) is 4.79 Å². The van der Waals surface area contributed by atoms with Gasteiger partial charge in [0.1, 0.15) is 68.6 Å². The van der Waals surface area contributed by atoms with E-state index in [2.05, 4.69) is 102 Å². The van der Waals surface area contributed by atoms with Gasteiger partial charge < -0.3 is 24.6 Å². The first kappa shape index (κ1) is 28.4. The van der Waals surface area contributed by atoms with Crippen molar-refractivity contribution in [2.45, 2.75) is 59.8 Å².